The summed E-state index contributed by atoms with van der Waals surface area (Å²) in [4.78, 5) is 9.31. The Morgan fingerprint density at radius 1 is 2.00 bits per heavy atom. The molecule has 0 aliphatic carbocycles. The molecule has 0 amide bonds. The van der Waals surface area contributed by atoms with Gasteiger partial charge in [0.2, 0.25) is 0 Å². The minimum Gasteiger partial charge on any atom is -0.325 e. The van der Waals surface area contributed by atoms with Gasteiger partial charge in [-0.15, -0.1) is 4.91 Å². The normalized spacial score (nSPS) is 7.50. The molecule has 34 valence electrons. The zero-order valence-electron chi connectivity index (χ0n) is 3.35. The highest BCUT2D eigenvalue weighted by Gasteiger charge is 1.79. The fraction of sp³-hybridized carbons (Fsp3) is 0.333. The summed E-state index contributed by atoms with van der Waals surface area (Å²) in [6.45, 7) is 3.34. The smallest absolute Gasteiger partial charge is 0.0913 e. The Balaban J connectivity index is 3.23. The lowest BCUT2D eigenvalue weighted by atomic mass is 10.5. The van der Waals surface area contributed by atoms with Gasteiger partial charge in [0.05, 0.1) is 5.70 Å². The van der Waals surface area contributed by atoms with Crippen molar-refractivity contribution in [3.63, 3.8) is 0 Å². The number of nitrogens with zero attached hydrogens (tertiary/aromatic N) is 1. The van der Waals surface area contributed by atoms with Gasteiger partial charge in [0.15, 0.2) is 0 Å². The molecule has 0 aromatic heterocycles. The van der Waals surface area contributed by atoms with Crippen LogP contribution in [0.25, 0.3) is 0 Å². The second-order valence-electron chi connectivity index (χ2n) is 0.862. The van der Waals surface area contributed by atoms with Crippen LogP contribution in [0.5, 0.6) is 0 Å². The third-order valence-corrected chi connectivity index (χ3v) is 0.365. The third kappa shape index (κ3) is 1.60. The molecular weight excluding hydrogens is 80.0 g/mol. The maximum Gasteiger partial charge on any atom is 0.0913 e. The quantitative estimate of drug-likeness (QED) is 0.489. The van der Waals surface area contributed by atoms with Crippen LogP contribution in [0.2, 0.25) is 0 Å². The largest absolute Gasteiger partial charge is 0.325 e. The minimum atomic E-state index is 0.156. The number of nitrogens with two attached hydrogens (primary N) is 1. The summed E-state index contributed by atoms with van der Waals surface area (Å²) >= 11 is 0. The summed E-state index contributed by atoms with van der Waals surface area (Å²) < 4.78 is 0. The summed E-state index contributed by atoms with van der Waals surface area (Å²) in [5.74, 6) is 0. The summed E-state index contributed by atoms with van der Waals surface area (Å²) in [7, 11) is 0. The van der Waals surface area contributed by atoms with E-state index < -0.39 is 0 Å². The topological polar surface area (TPSA) is 55.4 Å². The first-order valence-corrected chi connectivity index (χ1v) is 1.52. The van der Waals surface area contributed by atoms with Crippen molar-refractivity contribution in [1.82, 2.24) is 0 Å². The van der Waals surface area contributed by atoms with Crippen molar-refractivity contribution >= 4 is 0 Å². The second-order valence-corrected chi connectivity index (χ2v) is 0.862. The van der Waals surface area contributed by atoms with Gasteiger partial charge in [0.1, 0.15) is 0 Å². The van der Waals surface area contributed by atoms with Crippen LogP contribution < -0.4 is 5.73 Å². The van der Waals surface area contributed by atoms with Crippen LogP contribution in [0, 0.1) is 4.91 Å². The van der Waals surface area contributed by atoms with Crippen molar-refractivity contribution in [2.24, 2.45) is 10.9 Å². The van der Waals surface area contributed by atoms with Crippen LogP contribution in [0.1, 0.15) is 0 Å². The van der Waals surface area contributed by atoms with Gasteiger partial charge >= 0.3 is 0 Å². The summed E-state index contributed by atoms with van der Waals surface area (Å²) in [6.07, 6.45) is 0. The highest BCUT2D eigenvalue weighted by molar-refractivity contribution is 4.90. The van der Waals surface area contributed by atoms with Crippen molar-refractivity contribution in [1.29, 1.82) is 0 Å². The van der Waals surface area contributed by atoms with E-state index >= 15 is 0 Å². The van der Waals surface area contributed by atoms with Crippen molar-refractivity contribution in [3.05, 3.63) is 17.2 Å². The van der Waals surface area contributed by atoms with Gasteiger partial charge in [0, 0.05) is 6.54 Å². The van der Waals surface area contributed by atoms with Crippen molar-refractivity contribution in [3.8, 4) is 0 Å². The molecule has 0 atom stereocenters. The molecule has 0 saturated heterocycles. The minimum absolute atomic E-state index is 0.156. The molecule has 0 aliphatic heterocycles. The van der Waals surface area contributed by atoms with E-state index in [0.717, 1.165) is 0 Å². The Morgan fingerprint density at radius 2 is 2.50 bits per heavy atom. The highest BCUT2D eigenvalue weighted by atomic mass is 16.3. The Kier molecular flexibility index (Phi) is 2.24. The molecule has 0 saturated carbocycles. The molecule has 0 rings (SSSR count). The van der Waals surface area contributed by atoms with Gasteiger partial charge in [-0.3, -0.25) is 0 Å². The van der Waals surface area contributed by atoms with Gasteiger partial charge in [0.25, 0.3) is 0 Å². The monoisotopic (exact) mass is 86.0 g/mol. The van der Waals surface area contributed by atoms with E-state index in [-0.39, 0.29) is 12.2 Å². The van der Waals surface area contributed by atoms with E-state index in [0.29, 0.717) is 0 Å². The highest BCUT2D eigenvalue weighted by Crippen LogP contribution is 1.81. The predicted molar refractivity (Wildman–Crippen MR) is 24.0 cm³/mol. The Bertz CT molecular complexity index is 69.2. The summed E-state index contributed by atoms with van der Waals surface area (Å²) in [5, 5.41) is 2.44. The Labute approximate surface area is 35.8 Å². The number of nitroso groups, excluding NO2 is 1. The van der Waals surface area contributed by atoms with Crippen LogP contribution in [0.3, 0.4) is 0 Å². The van der Waals surface area contributed by atoms with E-state index in [1.165, 1.54) is 0 Å². The SMILES string of the molecule is C=C(CN)N=O. The molecule has 3 nitrogen and oxygen atoms in total. The molecule has 3 heteroatoms. The lowest BCUT2D eigenvalue weighted by molar-refractivity contribution is 1.11. The van der Waals surface area contributed by atoms with Crippen molar-refractivity contribution in [2.75, 3.05) is 6.54 Å². The second kappa shape index (κ2) is 2.53. The summed E-state index contributed by atoms with van der Waals surface area (Å²) in [5.41, 5.74) is 5.08. The first kappa shape index (κ1) is 5.30. The molecule has 2 N–H and O–H groups in total. The molecule has 6 heavy (non-hydrogen) atoms. The van der Waals surface area contributed by atoms with Crippen LogP contribution >= 0.6 is 0 Å². The zero-order chi connectivity index (χ0) is 4.99. The molecule has 0 radical (unpaired) electrons. The van der Waals surface area contributed by atoms with Gasteiger partial charge in [-0.2, -0.15) is 0 Å². The molecule has 0 aromatic carbocycles. The molecule has 0 spiro atoms. The molecule has 0 bridgehead atoms. The Morgan fingerprint density at radius 3 is 2.50 bits per heavy atom. The first-order valence-electron chi connectivity index (χ1n) is 1.52. The zero-order valence-corrected chi connectivity index (χ0v) is 3.35. The lowest BCUT2D eigenvalue weighted by Crippen LogP contribution is -1.98. The maximum absolute atomic E-state index is 9.31. The number of hydrogen-bond donors (Lipinski definition) is 1. The average molecular weight is 86.1 g/mol. The van der Waals surface area contributed by atoms with Gasteiger partial charge < -0.3 is 5.73 Å². The van der Waals surface area contributed by atoms with Crippen LogP contribution in [0.15, 0.2) is 17.5 Å². The van der Waals surface area contributed by atoms with Crippen LogP contribution in [-0.4, -0.2) is 6.54 Å². The number of rotatable bonds is 2. The predicted octanol–water partition coefficient (Wildman–Crippen LogP) is 0.225. The fourth-order valence-electron chi connectivity index (χ4n) is 0.0373. The van der Waals surface area contributed by atoms with Crippen LogP contribution in [-0.2, 0) is 0 Å². The van der Waals surface area contributed by atoms with Crippen molar-refractivity contribution < 1.29 is 0 Å². The molecule has 0 unspecified atom stereocenters. The first-order chi connectivity index (χ1) is 2.81. The molecule has 0 aliphatic rings. The molecule has 0 fully saturated rings. The fourth-order valence-corrected chi connectivity index (χ4v) is 0.0373. The number of hydrogen-bond acceptors (Lipinski definition) is 3. The van der Waals surface area contributed by atoms with E-state index in [1.807, 2.05) is 0 Å². The summed E-state index contributed by atoms with van der Waals surface area (Å²) in [6, 6.07) is 0. The molecule has 0 heterocycles. The lowest BCUT2D eigenvalue weighted by Gasteiger charge is -1.78. The van der Waals surface area contributed by atoms with E-state index in [9.17, 15) is 4.91 Å². The molecule has 0 aromatic rings. The third-order valence-electron chi connectivity index (χ3n) is 0.365. The van der Waals surface area contributed by atoms with E-state index in [1.54, 1.807) is 0 Å². The standard InChI is InChI=1S/C3H6N2O/c1-3(2-4)5-6/h1-2,4H2. The van der Waals surface area contributed by atoms with Gasteiger partial charge in [-0.25, -0.2) is 0 Å². The van der Waals surface area contributed by atoms with Crippen molar-refractivity contribution in [2.45, 2.75) is 0 Å². The van der Waals surface area contributed by atoms with Gasteiger partial charge in [-0.05, 0) is 5.18 Å². The molecular formula is C3H6N2O. The Hall–Kier alpha value is -0.700. The maximum atomic E-state index is 9.31. The van der Waals surface area contributed by atoms with Crippen LogP contribution in [0.4, 0.5) is 0 Å². The van der Waals surface area contributed by atoms with E-state index in [4.69, 9.17) is 5.73 Å². The van der Waals surface area contributed by atoms with E-state index in [2.05, 4.69) is 11.8 Å². The van der Waals surface area contributed by atoms with Gasteiger partial charge in [-0.1, -0.05) is 6.58 Å². The average Bonchev–Trinajstić information content (AvgIpc) is 1.65.